The smallest absolute Gasteiger partial charge is 0.318 e. The SMILES string of the molecule is CN(C(N)=O)c1ccc(C2(C)CCCN2)cc1. The summed E-state index contributed by atoms with van der Waals surface area (Å²) in [5, 5.41) is 3.52. The lowest BCUT2D eigenvalue weighted by atomic mass is 9.90. The molecule has 1 unspecified atom stereocenters. The number of hydrogen-bond acceptors (Lipinski definition) is 2. The normalized spacial score (nSPS) is 23.6. The van der Waals surface area contributed by atoms with Gasteiger partial charge in [-0.25, -0.2) is 4.79 Å². The van der Waals surface area contributed by atoms with E-state index in [0.717, 1.165) is 18.7 Å². The molecular weight excluding hydrogens is 214 g/mol. The maximum atomic E-state index is 11.0. The van der Waals surface area contributed by atoms with Crippen LogP contribution in [0.2, 0.25) is 0 Å². The average molecular weight is 233 g/mol. The highest BCUT2D eigenvalue weighted by molar-refractivity contribution is 5.89. The maximum Gasteiger partial charge on any atom is 0.318 e. The van der Waals surface area contributed by atoms with Gasteiger partial charge in [0.1, 0.15) is 0 Å². The molecule has 1 fully saturated rings. The first kappa shape index (κ1) is 11.9. The first-order valence-electron chi connectivity index (χ1n) is 5.92. The Kier molecular flexibility index (Phi) is 3.07. The van der Waals surface area contributed by atoms with Crippen molar-refractivity contribution in [3.8, 4) is 0 Å². The second kappa shape index (κ2) is 4.37. The zero-order valence-electron chi connectivity index (χ0n) is 10.4. The molecule has 0 saturated carbocycles. The van der Waals surface area contributed by atoms with E-state index in [1.807, 2.05) is 12.1 Å². The third-order valence-electron chi connectivity index (χ3n) is 3.59. The monoisotopic (exact) mass is 233 g/mol. The van der Waals surface area contributed by atoms with Crippen LogP contribution in [0.25, 0.3) is 0 Å². The van der Waals surface area contributed by atoms with Gasteiger partial charge in [-0.2, -0.15) is 0 Å². The second-order valence-corrected chi connectivity index (χ2v) is 4.81. The van der Waals surface area contributed by atoms with Crippen LogP contribution in [0.5, 0.6) is 0 Å². The van der Waals surface area contributed by atoms with Crippen molar-refractivity contribution in [2.75, 3.05) is 18.5 Å². The molecule has 1 aromatic carbocycles. The van der Waals surface area contributed by atoms with Crippen LogP contribution in [-0.2, 0) is 5.54 Å². The van der Waals surface area contributed by atoms with E-state index in [9.17, 15) is 4.79 Å². The highest BCUT2D eigenvalue weighted by atomic mass is 16.2. The summed E-state index contributed by atoms with van der Waals surface area (Å²) in [6.07, 6.45) is 2.36. The fraction of sp³-hybridized carbons (Fsp3) is 0.462. The number of primary amides is 1. The number of nitrogens with one attached hydrogen (secondary N) is 1. The van der Waals surface area contributed by atoms with Crippen LogP contribution in [-0.4, -0.2) is 19.6 Å². The third kappa shape index (κ3) is 2.26. The fourth-order valence-electron chi connectivity index (χ4n) is 2.32. The van der Waals surface area contributed by atoms with Gasteiger partial charge in [0, 0.05) is 18.3 Å². The highest BCUT2D eigenvalue weighted by Gasteiger charge is 2.29. The number of nitrogens with two attached hydrogens (primary N) is 1. The van der Waals surface area contributed by atoms with Gasteiger partial charge in [0.2, 0.25) is 0 Å². The molecule has 4 heteroatoms. The molecule has 2 amide bonds. The topological polar surface area (TPSA) is 58.4 Å². The Bertz CT molecular complexity index is 407. The van der Waals surface area contributed by atoms with Gasteiger partial charge in [0.25, 0.3) is 0 Å². The average Bonchev–Trinajstić information content (AvgIpc) is 2.76. The Morgan fingerprint density at radius 2 is 2.06 bits per heavy atom. The van der Waals surface area contributed by atoms with Crippen molar-refractivity contribution >= 4 is 11.7 Å². The molecule has 0 aromatic heterocycles. The number of carbonyl (C=O) groups is 1. The Morgan fingerprint density at radius 1 is 1.41 bits per heavy atom. The third-order valence-corrected chi connectivity index (χ3v) is 3.59. The Labute approximate surface area is 102 Å². The van der Waals surface area contributed by atoms with E-state index in [0.29, 0.717) is 0 Å². The predicted molar refractivity (Wildman–Crippen MR) is 69.0 cm³/mol. The van der Waals surface area contributed by atoms with Gasteiger partial charge >= 0.3 is 6.03 Å². The maximum absolute atomic E-state index is 11.0. The number of urea groups is 1. The number of hydrogen-bond donors (Lipinski definition) is 2. The van der Waals surface area contributed by atoms with E-state index in [4.69, 9.17) is 5.73 Å². The summed E-state index contributed by atoms with van der Waals surface area (Å²) in [6.45, 7) is 3.28. The number of rotatable bonds is 2. The molecule has 1 heterocycles. The highest BCUT2D eigenvalue weighted by Crippen LogP contribution is 2.31. The van der Waals surface area contributed by atoms with Gasteiger partial charge in [0.05, 0.1) is 0 Å². The summed E-state index contributed by atoms with van der Waals surface area (Å²) >= 11 is 0. The zero-order valence-corrected chi connectivity index (χ0v) is 10.4. The molecule has 1 aromatic rings. The van der Waals surface area contributed by atoms with E-state index in [1.54, 1.807) is 7.05 Å². The summed E-state index contributed by atoms with van der Waals surface area (Å²) in [6, 6.07) is 7.56. The summed E-state index contributed by atoms with van der Waals surface area (Å²) in [7, 11) is 1.67. The van der Waals surface area contributed by atoms with Crippen LogP contribution in [0.1, 0.15) is 25.3 Å². The molecule has 92 valence electrons. The van der Waals surface area contributed by atoms with E-state index in [1.165, 1.54) is 16.9 Å². The van der Waals surface area contributed by atoms with Crippen LogP contribution in [0.3, 0.4) is 0 Å². The molecule has 0 aliphatic carbocycles. The number of nitrogens with zero attached hydrogens (tertiary/aromatic N) is 1. The fourth-order valence-corrected chi connectivity index (χ4v) is 2.32. The predicted octanol–water partition coefficient (Wildman–Crippen LogP) is 1.80. The van der Waals surface area contributed by atoms with E-state index in [-0.39, 0.29) is 5.54 Å². The van der Waals surface area contributed by atoms with Crippen LogP contribution >= 0.6 is 0 Å². The molecule has 1 aliphatic rings. The number of anilines is 1. The number of amides is 2. The van der Waals surface area contributed by atoms with E-state index < -0.39 is 6.03 Å². The lowest BCUT2D eigenvalue weighted by molar-refractivity contribution is 0.255. The molecule has 4 nitrogen and oxygen atoms in total. The molecule has 3 N–H and O–H groups in total. The first-order chi connectivity index (χ1) is 8.03. The molecule has 0 spiro atoms. The van der Waals surface area contributed by atoms with E-state index >= 15 is 0 Å². The van der Waals surface area contributed by atoms with Crippen molar-refractivity contribution in [2.24, 2.45) is 5.73 Å². The zero-order chi connectivity index (χ0) is 12.5. The molecule has 1 aliphatic heterocycles. The second-order valence-electron chi connectivity index (χ2n) is 4.81. The van der Waals surface area contributed by atoms with Crippen LogP contribution < -0.4 is 16.0 Å². The number of benzene rings is 1. The lowest BCUT2D eigenvalue weighted by Gasteiger charge is -2.25. The first-order valence-corrected chi connectivity index (χ1v) is 5.92. The molecular formula is C13H19N3O. The van der Waals surface area contributed by atoms with Crippen molar-refractivity contribution in [1.29, 1.82) is 0 Å². The van der Waals surface area contributed by atoms with Crippen molar-refractivity contribution in [3.63, 3.8) is 0 Å². The molecule has 17 heavy (non-hydrogen) atoms. The summed E-state index contributed by atoms with van der Waals surface area (Å²) < 4.78 is 0. The standard InChI is InChI=1S/C13H19N3O/c1-13(8-3-9-15-13)10-4-6-11(7-5-10)16(2)12(14)17/h4-7,15H,3,8-9H2,1-2H3,(H2,14,17). The molecule has 1 saturated heterocycles. The molecule has 2 rings (SSSR count). The van der Waals surface area contributed by atoms with Gasteiger partial charge in [-0.05, 0) is 44.0 Å². The Morgan fingerprint density at radius 3 is 2.53 bits per heavy atom. The number of carbonyl (C=O) groups excluding carboxylic acids is 1. The minimum atomic E-state index is -0.442. The van der Waals surface area contributed by atoms with Crippen LogP contribution in [0, 0.1) is 0 Å². The lowest BCUT2D eigenvalue weighted by Crippen LogP contribution is -2.34. The molecule has 0 bridgehead atoms. The van der Waals surface area contributed by atoms with Crippen LogP contribution in [0.4, 0.5) is 10.5 Å². The summed E-state index contributed by atoms with van der Waals surface area (Å²) in [4.78, 5) is 12.5. The van der Waals surface area contributed by atoms with E-state index in [2.05, 4.69) is 24.4 Å². The van der Waals surface area contributed by atoms with Gasteiger partial charge in [-0.15, -0.1) is 0 Å². The van der Waals surface area contributed by atoms with Crippen molar-refractivity contribution < 1.29 is 4.79 Å². The Hall–Kier alpha value is -1.55. The minimum absolute atomic E-state index is 0.0732. The van der Waals surface area contributed by atoms with Gasteiger partial charge in [-0.1, -0.05) is 12.1 Å². The summed E-state index contributed by atoms with van der Waals surface area (Å²) in [5.74, 6) is 0. The van der Waals surface area contributed by atoms with Crippen molar-refractivity contribution in [2.45, 2.75) is 25.3 Å². The van der Waals surface area contributed by atoms with Crippen molar-refractivity contribution in [3.05, 3.63) is 29.8 Å². The minimum Gasteiger partial charge on any atom is -0.351 e. The molecule has 0 radical (unpaired) electrons. The quantitative estimate of drug-likeness (QED) is 0.818. The van der Waals surface area contributed by atoms with Crippen LogP contribution in [0.15, 0.2) is 24.3 Å². The Balaban J connectivity index is 2.21. The van der Waals surface area contributed by atoms with Gasteiger partial charge < -0.3 is 11.1 Å². The van der Waals surface area contributed by atoms with Crippen molar-refractivity contribution in [1.82, 2.24) is 5.32 Å². The summed E-state index contributed by atoms with van der Waals surface area (Å²) in [5.41, 5.74) is 7.38. The largest absolute Gasteiger partial charge is 0.351 e. The molecule has 1 atom stereocenters. The van der Waals surface area contributed by atoms with Gasteiger partial charge in [0.15, 0.2) is 0 Å². The van der Waals surface area contributed by atoms with Gasteiger partial charge in [-0.3, -0.25) is 4.90 Å².